The molecule has 1 N–H and O–H groups in total. The van der Waals surface area contributed by atoms with E-state index in [1.165, 1.54) is 16.7 Å². The highest BCUT2D eigenvalue weighted by atomic mass is 35.5. The van der Waals surface area contributed by atoms with E-state index in [0.29, 0.717) is 18.7 Å². The minimum absolute atomic E-state index is 0.0563. The van der Waals surface area contributed by atoms with Gasteiger partial charge in [-0.25, -0.2) is 27.2 Å². The summed E-state index contributed by atoms with van der Waals surface area (Å²) in [4.78, 5) is 8.45. The second-order valence-corrected chi connectivity index (χ2v) is 9.89. The number of imidazole rings is 1. The van der Waals surface area contributed by atoms with Gasteiger partial charge < -0.3 is 10.1 Å². The number of aromatic nitrogens is 3. The Bertz CT molecular complexity index is 1240. The molecule has 3 aromatic rings. The first-order valence-electron chi connectivity index (χ1n) is 9.71. The second-order valence-electron chi connectivity index (χ2n) is 7.52. The number of ether oxygens (including phenoxy) is 1. The van der Waals surface area contributed by atoms with E-state index in [2.05, 4.69) is 15.3 Å². The average molecular weight is 471 g/mol. The van der Waals surface area contributed by atoms with Crippen LogP contribution in [-0.2, 0) is 14.6 Å². The molecule has 2 aromatic heterocycles. The number of alkyl halides is 2. The molecule has 11 heteroatoms. The van der Waals surface area contributed by atoms with E-state index >= 15 is 0 Å². The summed E-state index contributed by atoms with van der Waals surface area (Å²) < 4.78 is 59.2. The van der Waals surface area contributed by atoms with Gasteiger partial charge in [-0.3, -0.25) is 4.57 Å². The fourth-order valence-corrected chi connectivity index (χ4v) is 4.80. The highest BCUT2D eigenvalue weighted by molar-refractivity contribution is 7.90. The Morgan fingerprint density at radius 3 is 2.65 bits per heavy atom. The van der Waals surface area contributed by atoms with Crippen LogP contribution in [0.25, 0.3) is 11.2 Å². The standard InChI is InChI=1S/C20H21ClF2N4O3S/c1-11-6-7-12(14(9-11)31(2,28)29)24-13-10-15(21)25-19-17(13)26-20(18(22)23)27(19)16-5-3-4-8-30-16/h6-7,9-10,16,18H,3-5,8H2,1-2H3,(H,24,25). The van der Waals surface area contributed by atoms with Crippen molar-refractivity contribution in [3.05, 3.63) is 40.8 Å². The third-order valence-electron chi connectivity index (χ3n) is 5.09. The lowest BCUT2D eigenvalue weighted by atomic mass is 10.2. The highest BCUT2D eigenvalue weighted by Crippen LogP contribution is 2.37. The number of fused-ring (bicyclic) bond motifs is 1. The van der Waals surface area contributed by atoms with Crippen molar-refractivity contribution in [3.63, 3.8) is 0 Å². The van der Waals surface area contributed by atoms with E-state index in [-0.39, 0.29) is 26.9 Å². The van der Waals surface area contributed by atoms with Gasteiger partial charge in [0, 0.05) is 18.9 Å². The summed E-state index contributed by atoms with van der Waals surface area (Å²) >= 11 is 6.21. The van der Waals surface area contributed by atoms with Crippen LogP contribution < -0.4 is 5.32 Å². The van der Waals surface area contributed by atoms with E-state index < -0.39 is 28.3 Å². The molecule has 0 saturated carbocycles. The molecule has 3 heterocycles. The van der Waals surface area contributed by atoms with Crippen molar-refractivity contribution in [1.29, 1.82) is 0 Å². The zero-order valence-corrected chi connectivity index (χ0v) is 18.5. The molecule has 31 heavy (non-hydrogen) atoms. The summed E-state index contributed by atoms with van der Waals surface area (Å²) in [6, 6.07) is 6.33. The summed E-state index contributed by atoms with van der Waals surface area (Å²) in [6.45, 7) is 2.24. The SMILES string of the molecule is Cc1ccc(Nc2cc(Cl)nc3c2nc(C(F)F)n3C2CCCCO2)c(S(C)(=O)=O)c1. The molecule has 4 rings (SSSR count). The normalized spacial score (nSPS) is 17.4. The van der Waals surface area contributed by atoms with Crippen LogP contribution in [0.15, 0.2) is 29.2 Å². The lowest BCUT2D eigenvalue weighted by Gasteiger charge is -2.25. The van der Waals surface area contributed by atoms with Crippen LogP contribution in [0, 0.1) is 6.92 Å². The number of benzene rings is 1. The van der Waals surface area contributed by atoms with Gasteiger partial charge in [-0.1, -0.05) is 17.7 Å². The molecule has 1 unspecified atom stereocenters. The Morgan fingerprint density at radius 1 is 1.23 bits per heavy atom. The molecule has 0 aliphatic carbocycles. The van der Waals surface area contributed by atoms with Gasteiger partial charge in [-0.05, 0) is 43.9 Å². The smallest absolute Gasteiger partial charge is 0.295 e. The van der Waals surface area contributed by atoms with Gasteiger partial charge in [0.2, 0.25) is 0 Å². The summed E-state index contributed by atoms with van der Waals surface area (Å²) in [7, 11) is -3.55. The third-order valence-corrected chi connectivity index (χ3v) is 6.42. The monoisotopic (exact) mass is 470 g/mol. The number of hydrogen-bond acceptors (Lipinski definition) is 6. The molecule has 0 spiro atoms. The van der Waals surface area contributed by atoms with Gasteiger partial charge in [-0.2, -0.15) is 0 Å². The van der Waals surface area contributed by atoms with Crippen LogP contribution in [-0.4, -0.2) is 35.8 Å². The van der Waals surface area contributed by atoms with Crippen molar-refractivity contribution in [3.8, 4) is 0 Å². The van der Waals surface area contributed by atoms with Crippen molar-refractivity contribution in [2.45, 2.75) is 43.7 Å². The fraction of sp³-hybridized carbons (Fsp3) is 0.400. The number of nitrogens with zero attached hydrogens (tertiary/aromatic N) is 3. The molecule has 1 atom stereocenters. The number of anilines is 2. The average Bonchev–Trinajstić information content (AvgIpc) is 3.09. The Kier molecular flexibility index (Phi) is 5.89. The Balaban J connectivity index is 1.89. The first-order valence-corrected chi connectivity index (χ1v) is 12.0. The van der Waals surface area contributed by atoms with Crippen LogP contribution in [0.2, 0.25) is 5.15 Å². The minimum atomic E-state index is -3.55. The lowest BCUT2D eigenvalue weighted by Crippen LogP contribution is -2.20. The van der Waals surface area contributed by atoms with Crippen LogP contribution in [0.3, 0.4) is 0 Å². The van der Waals surface area contributed by atoms with Crippen molar-refractivity contribution in [2.75, 3.05) is 18.2 Å². The van der Waals surface area contributed by atoms with Gasteiger partial charge in [0.1, 0.15) is 16.9 Å². The predicted octanol–water partition coefficient (Wildman–Crippen LogP) is 5.18. The third kappa shape index (κ3) is 4.37. The van der Waals surface area contributed by atoms with Crippen LogP contribution >= 0.6 is 11.6 Å². The summed E-state index contributed by atoms with van der Waals surface area (Å²) in [5, 5.41) is 3.06. The van der Waals surface area contributed by atoms with Gasteiger partial charge in [0.15, 0.2) is 21.3 Å². The summed E-state index contributed by atoms with van der Waals surface area (Å²) in [5.41, 5.74) is 1.65. The number of aryl methyl sites for hydroxylation is 1. The van der Waals surface area contributed by atoms with Crippen LogP contribution in [0.4, 0.5) is 20.2 Å². The maximum Gasteiger partial charge on any atom is 0.295 e. The highest BCUT2D eigenvalue weighted by Gasteiger charge is 2.29. The van der Waals surface area contributed by atoms with E-state index in [0.717, 1.165) is 24.7 Å². The topological polar surface area (TPSA) is 86.1 Å². The number of sulfone groups is 1. The number of pyridine rings is 1. The zero-order chi connectivity index (χ0) is 22.3. The fourth-order valence-electron chi connectivity index (χ4n) is 3.69. The Hall–Kier alpha value is -2.30. The molecule has 1 fully saturated rings. The first kappa shape index (κ1) is 21.9. The molecule has 1 aromatic carbocycles. The Morgan fingerprint density at radius 2 is 2.00 bits per heavy atom. The molecule has 1 aliphatic rings. The largest absolute Gasteiger partial charge is 0.358 e. The van der Waals surface area contributed by atoms with Crippen LogP contribution in [0.1, 0.15) is 43.3 Å². The van der Waals surface area contributed by atoms with E-state index in [9.17, 15) is 17.2 Å². The number of hydrogen-bond donors (Lipinski definition) is 1. The van der Waals surface area contributed by atoms with Crippen molar-refractivity contribution in [1.82, 2.24) is 14.5 Å². The quantitative estimate of drug-likeness (QED) is 0.517. The lowest BCUT2D eigenvalue weighted by molar-refractivity contribution is -0.0363. The summed E-state index contributed by atoms with van der Waals surface area (Å²) in [6.07, 6.45) is -0.120. The molecule has 1 saturated heterocycles. The van der Waals surface area contributed by atoms with Crippen molar-refractivity contribution in [2.24, 2.45) is 0 Å². The maximum atomic E-state index is 13.8. The van der Waals surface area contributed by atoms with Crippen molar-refractivity contribution < 1.29 is 21.9 Å². The maximum absolute atomic E-state index is 13.8. The summed E-state index contributed by atoms with van der Waals surface area (Å²) in [5.74, 6) is -0.466. The minimum Gasteiger partial charge on any atom is -0.358 e. The molecule has 1 aliphatic heterocycles. The number of nitrogens with one attached hydrogen (secondary N) is 1. The van der Waals surface area contributed by atoms with E-state index in [1.54, 1.807) is 19.1 Å². The van der Waals surface area contributed by atoms with Crippen LogP contribution in [0.5, 0.6) is 0 Å². The first-order chi connectivity index (χ1) is 14.6. The number of halogens is 3. The molecule has 7 nitrogen and oxygen atoms in total. The Labute approximate surface area is 183 Å². The second kappa shape index (κ2) is 8.33. The van der Waals surface area contributed by atoms with E-state index in [4.69, 9.17) is 16.3 Å². The van der Waals surface area contributed by atoms with Gasteiger partial charge in [0.05, 0.1) is 16.3 Å². The molecular formula is C20H21ClF2N4O3S. The number of rotatable bonds is 5. The molecule has 0 amide bonds. The predicted molar refractivity (Wildman–Crippen MR) is 114 cm³/mol. The van der Waals surface area contributed by atoms with Gasteiger partial charge in [-0.15, -0.1) is 0 Å². The van der Waals surface area contributed by atoms with Crippen molar-refractivity contribution >= 4 is 44.0 Å². The molecule has 0 radical (unpaired) electrons. The molecule has 0 bridgehead atoms. The van der Waals surface area contributed by atoms with Gasteiger partial charge in [0.25, 0.3) is 6.43 Å². The zero-order valence-electron chi connectivity index (χ0n) is 16.9. The molecule has 166 valence electrons. The van der Waals surface area contributed by atoms with Gasteiger partial charge >= 0.3 is 0 Å². The molecular weight excluding hydrogens is 450 g/mol. The van der Waals surface area contributed by atoms with E-state index in [1.807, 2.05) is 0 Å².